The third-order valence-corrected chi connectivity index (χ3v) is 4.58. The van der Waals surface area contributed by atoms with Crippen molar-refractivity contribution in [3.05, 3.63) is 0 Å². The van der Waals surface area contributed by atoms with Gasteiger partial charge < -0.3 is 10.0 Å². The van der Waals surface area contributed by atoms with Crippen LogP contribution in [0.1, 0.15) is 32.1 Å². The lowest BCUT2D eigenvalue weighted by atomic mass is 9.81. The minimum atomic E-state index is -0.539. The number of nitrogens with zero attached hydrogens (tertiary/aromatic N) is 1. The van der Waals surface area contributed by atoms with Gasteiger partial charge in [-0.25, -0.2) is 0 Å². The highest BCUT2D eigenvalue weighted by Gasteiger charge is 2.54. The fourth-order valence-corrected chi connectivity index (χ4v) is 3.55. The molecule has 0 spiro atoms. The second kappa shape index (κ2) is 3.21. The summed E-state index contributed by atoms with van der Waals surface area (Å²) >= 11 is 0. The number of carbonyl (C=O) groups is 1. The first-order chi connectivity index (χ1) is 7.21. The molecule has 1 saturated heterocycles. The summed E-state index contributed by atoms with van der Waals surface area (Å²) in [6.45, 7) is 3.03. The molecule has 0 aromatic carbocycles. The van der Waals surface area contributed by atoms with Gasteiger partial charge in [-0.05, 0) is 37.5 Å². The largest absolute Gasteiger partial charge is 0.481 e. The predicted molar refractivity (Wildman–Crippen MR) is 56.6 cm³/mol. The Morgan fingerprint density at radius 1 is 1.40 bits per heavy atom. The highest BCUT2D eigenvalue weighted by atomic mass is 16.4. The van der Waals surface area contributed by atoms with Gasteiger partial charge in [-0.1, -0.05) is 6.42 Å². The molecule has 0 aromatic heterocycles. The van der Waals surface area contributed by atoms with Crippen molar-refractivity contribution in [3.8, 4) is 0 Å². The molecule has 3 fully saturated rings. The molecule has 0 radical (unpaired) electrons. The molecule has 3 nitrogen and oxygen atoms in total. The van der Waals surface area contributed by atoms with Crippen molar-refractivity contribution in [2.24, 2.45) is 17.3 Å². The van der Waals surface area contributed by atoms with Crippen LogP contribution in [0.25, 0.3) is 0 Å². The van der Waals surface area contributed by atoms with Crippen molar-refractivity contribution in [1.82, 2.24) is 4.90 Å². The minimum Gasteiger partial charge on any atom is -0.481 e. The van der Waals surface area contributed by atoms with Crippen LogP contribution in [-0.2, 0) is 4.79 Å². The van der Waals surface area contributed by atoms with E-state index in [-0.39, 0.29) is 5.41 Å². The first-order valence-corrected chi connectivity index (χ1v) is 6.16. The van der Waals surface area contributed by atoms with Crippen LogP contribution >= 0.6 is 0 Å². The standard InChI is InChI=1S/C12H19NO2/c14-11(15)12-5-1-2-10(12)7-13(8-12)6-9-3-4-9/h9-10H,1-8H2,(H,14,15)/t10-,12+/m0/s1. The summed E-state index contributed by atoms with van der Waals surface area (Å²) < 4.78 is 0. The Morgan fingerprint density at radius 2 is 2.20 bits per heavy atom. The van der Waals surface area contributed by atoms with Crippen LogP contribution in [0.4, 0.5) is 0 Å². The average molecular weight is 209 g/mol. The second-order valence-corrected chi connectivity index (χ2v) is 5.69. The molecule has 3 aliphatic rings. The minimum absolute atomic E-state index is 0.366. The van der Waals surface area contributed by atoms with Crippen LogP contribution in [0, 0.1) is 17.3 Å². The number of likely N-dealkylation sites (tertiary alicyclic amines) is 1. The Bertz CT molecular complexity index is 287. The molecule has 15 heavy (non-hydrogen) atoms. The molecule has 0 amide bonds. The molecule has 2 atom stereocenters. The Morgan fingerprint density at radius 3 is 2.80 bits per heavy atom. The van der Waals surface area contributed by atoms with Crippen LogP contribution in [0.3, 0.4) is 0 Å². The summed E-state index contributed by atoms with van der Waals surface area (Å²) in [6, 6.07) is 0. The monoisotopic (exact) mass is 209 g/mol. The topological polar surface area (TPSA) is 40.5 Å². The molecule has 84 valence electrons. The molecule has 2 aliphatic carbocycles. The normalized spacial score (nSPS) is 40.7. The van der Waals surface area contributed by atoms with Gasteiger partial charge in [-0.15, -0.1) is 0 Å². The maximum atomic E-state index is 11.4. The van der Waals surface area contributed by atoms with Gasteiger partial charge in [-0.2, -0.15) is 0 Å². The van der Waals surface area contributed by atoms with Crippen LogP contribution in [-0.4, -0.2) is 35.6 Å². The van der Waals surface area contributed by atoms with Crippen molar-refractivity contribution in [2.75, 3.05) is 19.6 Å². The van der Waals surface area contributed by atoms with Crippen LogP contribution in [0.5, 0.6) is 0 Å². The second-order valence-electron chi connectivity index (χ2n) is 5.69. The zero-order valence-electron chi connectivity index (χ0n) is 9.11. The van der Waals surface area contributed by atoms with E-state index >= 15 is 0 Å². The number of carboxylic acid groups (broad SMARTS) is 1. The van der Waals surface area contributed by atoms with Crippen molar-refractivity contribution >= 4 is 5.97 Å². The van der Waals surface area contributed by atoms with Gasteiger partial charge in [0, 0.05) is 19.6 Å². The van der Waals surface area contributed by atoms with E-state index in [1.807, 2.05) is 0 Å². The van der Waals surface area contributed by atoms with E-state index in [1.54, 1.807) is 0 Å². The quantitative estimate of drug-likeness (QED) is 0.767. The summed E-state index contributed by atoms with van der Waals surface area (Å²) in [7, 11) is 0. The maximum absolute atomic E-state index is 11.4. The molecule has 1 aliphatic heterocycles. The zero-order valence-corrected chi connectivity index (χ0v) is 9.11. The molecule has 1 N–H and O–H groups in total. The van der Waals surface area contributed by atoms with Gasteiger partial charge in [-0.3, -0.25) is 4.79 Å². The highest BCUT2D eigenvalue weighted by Crippen LogP contribution is 2.49. The van der Waals surface area contributed by atoms with E-state index < -0.39 is 5.97 Å². The van der Waals surface area contributed by atoms with Gasteiger partial charge in [0.2, 0.25) is 0 Å². The van der Waals surface area contributed by atoms with Gasteiger partial charge in [0.1, 0.15) is 0 Å². The van der Waals surface area contributed by atoms with E-state index in [4.69, 9.17) is 0 Å². The molecule has 0 unspecified atom stereocenters. The summed E-state index contributed by atoms with van der Waals surface area (Å²) in [5, 5.41) is 9.42. The third kappa shape index (κ3) is 1.48. The SMILES string of the molecule is O=C(O)[C@@]12CCC[C@H]1CN(CC1CC1)C2. The molecule has 1 heterocycles. The van der Waals surface area contributed by atoms with Crippen LogP contribution in [0.15, 0.2) is 0 Å². The van der Waals surface area contributed by atoms with Crippen molar-refractivity contribution < 1.29 is 9.90 Å². The molecular weight excluding hydrogens is 190 g/mol. The molecular formula is C12H19NO2. The number of carboxylic acids is 1. The van der Waals surface area contributed by atoms with Crippen molar-refractivity contribution in [2.45, 2.75) is 32.1 Å². The Hall–Kier alpha value is -0.570. The maximum Gasteiger partial charge on any atom is 0.311 e. The van der Waals surface area contributed by atoms with Crippen molar-refractivity contribution in [1.29, 1.82) is 0 Å². The van der Waals surface area contributed by atoms with Gasteiger partial charge in [0.15, 0.2) is 0 Å². The Labute approximate surface area is 90.5 Å². The Balaban J connectivity index is 1.72. The molecule has 0 bridgehead atoms. The number of fused-ring (bicyclic) bond motifs is 1. The van der Waals surface area contributed by atoms with Gasteiger partial charge >= 0.3 is 5.97 Å². The van der Waals surface area contributed by atoms with Gasteiger partial charge in [0.25, 0.3) is 0 Å². The third-order valence-electron chi connectivity index (χ3n) is 4.58. The van der Waals surface area contributed by atoms with Crippen molar-refractivity contribution in [3.63, 3.8) is 0 Å². The highest BCUT2D eigenvalue weighted by molar-refractivity contribution is 5.76. The summed E-state index contributed by atoms with van der Waals surface area (Å²) in [5.41, 5.74) is -0.366. The summed E-state index contributed by atoms with van der Waals surface area (Å²) in [6.07, 6.45) is 5.89. The zero-order chi connectivity index (χ0) is 10.5. The van der Waals surface area contributed by atoms with Crippen LogP contribution < -0.4 is 0 Å². The first kappa shape index (κ1) is 9.64. The number of aliphatic carboxylic acids is 1. The number of hydrogen-bond donors (Lipinski definition) is 1. The lowest BCUT2D eigenvalue weighted by Gasteiger charge is -2.23. The summed E-state index contributed by atoms with van der Waals surface area (Å²) in [5.74, 6) is 0.784. The van der Waals surface area contributed by atoms with Crippen LogP contribution in [0.2, 0.25) is 0 Å². The van der Waals surface area contributed by atoms with E-state index in [1.165, 1.54) is 12.8 Å². The lowest BCUT2D eigenvalue weighted by molar-refractivity contribution is -0.149. The van der Waals surface area contributed by atoms with Gasteiger partial charge in [0.05, 0.1) is 5.41 Å². The molecule has 3 rings (SSSR count). The van der Waals surface area contributed by atoms with E-state index in [0.717, 1.165) is 44.8 Å². The fourth-order valence-electron chi connectivity index (χ4n) is 3.55. The smallest absolute Gasteiger partial charge is 0.311 e. The fraction of sp³-hybridized carbons (Fsp3) is 0.917. The lowest BCUT2D eigenvalue weighted by Crippen LogP contribution is -2.36. The average Bonchev–Trinajstić information content (AvgIpc) is 2.74. The number of hydrogen-bond acceptors (Lipinski definition) is 2. The molecule has 3 heteroatoms. The molecule has 2 saturated carbocycles. The van der Waals surface area contributed by atoms with E-state index in [9.17, 15) is 9.90 Å². The van der Waals surface area contributed by atoms with E-state index in [0.29, 0.717) is 5.92 Å². The van der Waals surface area contributed by atoms with E-state index in [2.05, 4.69) is 4.90 Å². The number of rotatable bonds is 3. The predicted octanol–water partition coefficient (Wildman–Crippen LogP) is 1.58. The molecule has 0 aromatic rings. The first-order valence-electron chi connectivity index (χ1n) is 6.16. The summed E-state index contributed by atoms with van der Waals surface area (Å²) in [4.78, 5) is 13.8. The Kier molecular flexibility index (Phi) is 2.06.